The highest BCUT2D eigenvalue weighted by atomic mass is 32.1. The Labute approximate surface area is 139 Å². The van der Waals surface area contributed by atoms with E-state index in [1.54, 1.807) is 12.1 Å². The number of carbonyl (C=O) groups excluding carboxylic acids is 1. The molecule has 1 fully saturated rings. The number of benzene rings is 1. The first-order valence-electron chi connectivity index (χ1n) is 7.95. The van der Waals surface area contributed by atoms with E-state index in [9.17, 15) is 9.18 Å². The van der Waals surface area contributed by atoms with Gasteiger partial charge in [-0.05, 0) is 37.1 Å². The number of anilines is 2. The number of halogens is 1. The fourth-order valence-electron chi connectivity index (χ4n) is 2.69. The third-order valence-electron chi connectivity index (χ3n) is 3.94. The molecule has 3 rings (SSSR count). The first-order valence-corrected chi connectivity index (χ1v) is 8.83. The molecule has 4 nitrogen and oxygen atoms in total. The maximum atomic E-state index is 12.9. The van der Waals surface area contributed by atoms with Crippen LogP contribution in [0.25, 0.3) is 0 Å². The maximum absolute atomic E-state index is 12.9. The van der Waals surface area contributed by atoms with Crippen LogP contribution >= 0.6 is 11.3 Å². The molecule has 0 unspecified atom stereocenters. The van der Waals surface area contributed by atoms with Crippen LogP contribution in [0.3, 0.4) is 0 Å². The molecule has 0 spiro atoms. The van der Waals surface area contributed by atoms with Crippen molar-refractivity contribution in [1.29, 1.82) is 0 Å². The van der Waals surface area contributed by atoms with E-state index in [0.29, 0.717) is 6.42 Å². The average molecular weight is 333 g/mol. The van der Waals surface area contributed by atoms with E-state index in [2.05, 4.69) is 10.3 Å². The zero-order valence-corrected chi connectivity index (χ0v) is 13.7. The SMILES string of the molecule is O=C(Cc1csc(Nc2ccc(F)cc2)n1)N1CCCCCC1. The quantitative estimate of drug-likeness (QED) is 0.921. The van der Waals surface area contributed by atoms with E-state index in [4.69, 9.17) is 0 Å². The molecule has 122 valence electrons. The van der Waals surface area contributed by atoms with Gasteiger partial charge >= 0.3 is 0 Å². The van der Waals surface area contributed by atoms with Crippen LogP contribution in [0.1, 0.15) is 31.4 Å². The van der Waals surface area contributed by atoms with Gasteiger partial charge in [0, 0.05) is 24.2 Å². The van der Waals surface area contributed by atoms with Gasteiger partial charge in [0.15, 0.2) is 5.13 Å². The zero-order valence-electron chi connectivity index (χ0n) is 12.9. The predicted molar refractivity (Wildman–Crippen MR) is 90.5 cm³/mol. The summed E-state index contributed by atoms with van der Waals surface area (Å²) in [6, 6.07) is 6.14. The second-order valence-electron chi connectivity index (χ2n) is 5.75. The van der Waals surface area contributed by atoms with Crippen LogP contribution in [-0.4, -0.2) is 28.9 Å². The summed E-state index contributed by atoms with van der Waals surface area (Å²) in [6.45, 7) is 1.73. The highest BCUT2D eigenvalue weighted by Crippen LogP contribution is 2.22. The average Bonchev–Trinajstić information content (AvgIpc) is 2.81. The third kappa shape index (κ3) is 4.51. The van der Waals surface area contributed by atoms with Gasteiger partial charge in [-0.25, -0.2) is 9.37 Å². The first kappa shape index (κ1) is 15.9. The number of aromatic nitrogens is 1. The number of carbonyl (C=O) groups is 1. The van der Waals surface area contributed by atoms with E-state index in [1.165, 1.54) is 36.3 Å². The molecule has 1 aromatic carbocycles. The van der Waals surface area contributed by atoms with Crippen molar-refractivity contribution < 1.29 is 9.18 Å². The minimum absolute atomic E-state index is 0.158. The second-order valence-corrected chi connectivity index (χ2v) is 6.61. The van der Waals surface area contributed by atoms with Gasteiger partial charge in [-0.2, -0.15) is 0 Å². The number of amides is 1. The summed E-state index contributed by atoms with van der Waals surface area (Å²) < 4.78 is 12.9. The Hall–Kier alpha value is -1.95. The van der Waals surface area contributed by atoms with Crippen molar-refractivity contribution in [2.24, 2.45) is 0 Å². The van der Waals surface area contributed by atoms with Crippen LogP contribution in [0.5, 0.6) is 0 Å². The van der Waals surface area contributed by atoms with Crippen LogP contribution in [0.4, 0.5) is 15.2 Å². The third-order valence-corrected chi connectivity index (χ3v) is 4.74. The number of hydrogen-bond donors (Lipinski definition) is 1. The molecule has 23 heavy (non-hydrogen) atoms. The molecular formula is C17H20FN3OS. The number of nitrogens with zero attached hydrogens (tertiary/aromatic N) is 2. The maximum Gasteiger partial charge on any atom is 0.228 e. The first-order chi connectivity index (χ1) is 11.2. The molecule has 0 bridgehead atoms. The summed E-state index contributed by atoms with van der Waals surface area (Å²) >= 11 is 1.45. The van der Waals surface area contributed by atoms with E-state index in [-0.39, 0.29) is 11.7 Å². The zero-order chi connectivity index (χ0) is 16.1. The number of nitrogens with one attached hydrogen (secondary N) is 1. The molecule has 1 aliphatic rings. The Bertz CT molecular complexity index is 648. The summed E-state index contributed by atoms with van der Waals surface area (Å²) in [4.78, 5) is 18.8. The van der Waals surface area contributed by atoms with Crippen LogP contribution in [0.2, 0.25) is 0 Å². The van der Waals surface area contributed by atoms with Crippen molar-refractivity contribution in [2.75, 3.05) is 18.4 Å². The van der Waals surface area contributed by atoms with Gasteiger partial charge in [0.1, 0.15) is 5.82 Å². The molecular weight excluding hydrogens is 313 g/mol. The molecule has 0 atom stereocenters. The van der Waals surface area contributed by atoms with E-state index < -0.39 is 0 Å². The van der Waals surface area contributed by atoms with Crippen LogP contribution in [-0.2, 0) is 11.2 Å². The Morgan fingerprint density at radius 3 is 2.57 bits per heavy atom. The molecule has 1 aromatic heterocycles. The molecule has 0 radical (unpaired) electrons. The lowest BCUT2D eigenvalue weighted by Gasteiger charge is -2.19. The molecule has 0 aliphatic carbocycles. The molecule has 1 saturated heterocycles. The smallest absolute Gasteiger partial charge is 0.228 e. The fraction of sp³-hybridized carbons (Fsp3) is 0.412. The highest BCUT2D eigenvalue weighted by Gasteiger charge is 2.17. The largest absolute Gasteiger partial charge is 0.342 e. The summed E-state index contributed by atoms with van der Waals surface area (Å²) in [5.74, 6) is -0.107. The van der Waals surface area contributed by atoms with E-state index in [1.807, 2.05) is 10.3 Å². The highest BCUT2D eigenvalue weighted by molar-refractivity contribution is 7.13. The van der Waals surface area contributed by atoms with Crippen molar-refractivity contribution in [3.05, 3.63) is 41.2 Å². The van der Waals surface area contributed by atoms with Crippen molar-refractivity contribution >= 4 is 28.1 Å². The second kappa shape index (κ2) is 7.55. The molecule has 1 N–H and O–H groups in total. The van der Waals surface area contributed by atoms with Gasteiger partial charge < -0.3 is 10.2 Å². The normalized spacial score (nSPS) is 15.3. The predicted octanol–water partition coefficient (Wildman–Crippen LogP) is 3.97. The van der Waals surface area contributed by atoms with Gasteiger partial charge in [0.05, 0.1) is 12.1 Å². The monoisotopic (exact) mass is 333 g/mol. The Kier molecular flexibility index (Phi) is 5.23. The summed E-state index contributed by atoms with van der Waals surface area (Å²) in [6.07, 6.45) is 4.97. The Morgan fingerprint density at radius 1 is 1.17 bits per heavy atom. The number of hydrogen-bond acceptors (Lipinski definition) is 4. The minimum Gasteiger partial charge on any atom is -0.342 e. The molecule has 1 aliphatic heterocycles. The minimum atomic E-state index is -0.265. The van der Waals surface area contributed by atoms with Gasteiger partial charge in [-0.3, -0.25) is 4.79 Å². The van der Waals surface area contributed by atoms with Crippen LogP contribution in [0, 0.1) is 5.82 Å². The topological polar surface area (TPSA) is 45.2 Å². The summed E-state index contributed by atoms with van der Waals surface area (Å²) in [5, 5.41) is 5.75. The summed E-state index contributed by atoms with van der Waals surface area (Å²) in [5.41, 5.74) is 1.57. The number of likely N-dealkylation sites (tertiary alicyclic amines) is 1. The molecule has 1 amide bonds. The number of thiazole rings is 1. The molecule has 6 heteroatoms. The molecule has 0 saturated carbocycles. The van der Waals surface area contributed by atoms with Crippen LogP contribution < -0.4 is 5.32 Å². The van der Waals surface area contributed by atoms with Gasteiger partial charge in [-0.1, -0.05) is 12.8 Å². The fourth-order valence-corrected chi connectivity index (χ4v) is 3.42. The van der Waals surface area contributed by atoms with Gasteiger partial charge in [0.2, 0.25) is 5.91 Å². The molecule has 2 aromatic rings. The molecule has 2 heterocycles. The van der Waals surface area contributed by atoms with Crippen molar-refractivity contribution in [2.45, 2.75) is 32.1 Å². The van der Waals surface area contributed by atoms with E-state index >= 15 is 0 Å². The van der Waals surface area contributed by atoms with Crippen molar-refractivity contribution in [3.63, 3.8) is 0 Å². The Balaban J connectivity index is 1.58. The van der Waals surface area contributed by atoms with Crippen LogP contribution in [0.15, 0.2) is 29.6 Å². The lowest BCUT2D eigenvalue weighted by Crippen LogP contribution is -2.33. The van der Waals surface area contributed by atoms with Crippen molar-refractivity contribution in [1.82, 2.24) is 9.88 Å². The van der Waals surface area contributed by atoms with Gasteiger partial charge in [0.25, 0.3) is 0 Å². The lowest BCUT2D eigenvalue weighted by molar-refractivity contribution is -0.130. The van der Waals surface area contributed by atoms with Crippen molar-refractivity contribution in [3.8, 4) is 0 Å². The number of rotatable bonds is 4. The Morgan fingerprint density at radius 2 is 1.87 bits per heavy atom. The van der Waals surface area contributed by atoms with E-state index in [0.717, 1.165) is 42.4 Å². The van der Waals surface area contributed by atoms with Gasteiger partial charge in [-0.15, -0.1) is 11.3 Å². The standard InChI is InChI=1S/C17H20FN3OS/c18-13-5-7-14(8-6-13)19-17-20-15(12-23-17)11-16(22)21-9-3-1-2-4-10-21/h5-8,12H,1-4,9-11H2,(H,19,20). The lowest BCUT2D eigenvalue weighted by atomic mass is 10.2. The summed E-state index contributed by atoms with van der Waals surface area (Å²) in [7, 11) is 0.